The number of rotatable bonds is 9. The van der Waals surface area contributed by atoms with Crippen LogP contribution in [0.3, 0.4) is 0 Å². The minimum atomic E-state index is -0.847. The van der Waals surface area contributed by atoms with Crippen LogP contribution in [0.15, 0.2) is 30.5 Å². The second-order valence-corrected chi connectivity index (χ2v) is 9.95. The number of benzene rings is 1. The van der Waals surface area contributed by atoms with Crippen LogP contribution in [-0.4, -0.2) is 70.6 Å². The number of aliphatic hydroxyl groups is 1. The van der Waals surface area contributed by atoms with Crippen molar-refractivity contribution in [3.8, 4) is 0 Å². The number of nitrogens with zero attached hydrogens (tertiary/aromatic N) is 4. The van der Waals surface area contributed by atoms with Crippen LogP contribution in [0, 0.1) is 0 Å². The largest absolute Gasteiger partial charge is 0.481 e. The summed E-state index contributed by atoms with van der Waals surface area (Å²) in [6.07, 6.45) is 4.48. The minimum Gasteiger partial charge on any atom is -0.481 e. The van der Waals surface area contributed by atoms with Gasteiger partial charge in [-0.3, -0.25) is 4.79 Å². The Balaban J connectivity index is 1.70. The Kier molecular flexibility index (Phi) is 7.76. The molecule has 4 rings (SSSR count). The molecule has 0 aliphatic carbocycles. The van der Waals surface area contributed by atoms with Crippen LogP contribution < -0.4 is 15.1 Å². The van der Waals surface area contributed by atoms with Crippen molar-refractivity contribution in [2.75, 3.05) is 48.0 Å². The Labute approximate surface area is 207 Å². The normalized spacial score (nSPS) is 19.6. The molecule has 9 nitrogen and oxygen atoms in total. The first-order valence-corrected chi connectivity index (χ1v) is 12.5. The zero-order valence-electron chi connectivity index (χ0n) is 20.9. The van der Waals surface area contributed by atoms with Gasteiger partial charge in [0, 0.05) is 25.8 Å². The standard InChI is InChI=1S/C26H37N5O4/c1-4-18(17-24(32)33)19-7-8-21(31-11-5-6-22(31)26(2,3)34)20(16-19)28-23-9-10-27-25(29-23)30-12-14-35-15-13-30/h7-10,16,18,22,34H,4-6,11-15,17H2,1-3H3,(H,32,33)(H,27,28,29). The van der Waals surface area contributed by atoms with Crippen LogP contribution in [0.2, 0.25) is 0 Å². The fourth-order valence-electron chi connectivity index (χ4n) is 5.13. The van der Waals surface area contributed by atoms with Crippen molar-refractivity contribution in [2.24, 2.45) is 0 Å². The quantitative estimate of drug-likeness (QED) is 0.491. The topological polar surface area (TPSA) is 111 Å². The van der Waals surface area contributed by atoms with Crippen LogP contribution in [0.1, 0.15) is 57.9 Å². The second-order valence-electron chi connectivity index (χ2n) is 9.95. The molecule has 0 radical (unpaired) electrons. The van der Waals surface area contributed by atoms with Gasteiger partial charge in [0.1, 0.15) is 5.82 Å². The van der Waals surface area contributed by atoms with Crippen molar-refractivity contribution >= 4 is 29.1 Å². The highest BCUT2D eigenvalue weighted by atomic mass is 16.5. The molecule has 2 fully saturated rings. The van der Waals surface area contributed by atoms with Gasteiger partial charge < -0.3 is 30.1 Å². The van der Waals surface area contributed by atoms with E-state index in [1.807, 2.05) is 39.0 Å². The highest BCUT2D eigenvalue weighted by molar-refractivity contribution is 5.77. The monoisotopic (exact) mass is 483 g/mol. The number of anilines is 4. The number of hydrogen-bond acceptors (Lipinski definition) is 8. The van der Waals surface area contributed by atoms with E-state index in [2.05, 4.69) is 26.2 Å². The summed E-state index contributed by atoms with van der Waals surface area (Å²) in [6.45, 7) is 9.38. The van der Waals surface area contributed by atoms with Gasteiger partial charge in [0.05, 0.1) is 42.7 Å². The summed E-state index contributed by atoms with van der Waals surface area (Å²) in [7, 11) is 0. The van der Waals surface area contributed by atoms with Crippen LogP contribution in [0.4, 0.5) is 23.1 Å². The van der Waals surface area contributed by atoms with E-state index in [9.17, 15) is 15.0 Å². The van der Waals surface area contributed by atoms with E-state index < -0.39 is 11.6 Å². The Morgan fingerprint density at radius 2 is 2.03 bits per heavy atom. The lowest BCUT2D eigenvalue weighted by molar-refractivity contribution is -0.137. The molecule has 1 aromatic carbocycles. The third-order valence-corrected chi connectivity index (χ3v) is 6.98. The summed E-state index contributed by atoms with van der Waals surface area (Å²) in [5.41, 5.74) is 1.96. The maximum atomic E-state index is 11.5. The van der Waals surface area contributed by atoms with Crippen molar-refractivity contribution in [3.63, 3.8) is 0 Å². The summed E-state index contributed by atoms with van der Waals surface area (Å²) in [6, 6.07) is 7.95. The predicted octanol–water partition coefficient (Wildman–Crippen LogP) is 3.76. The average Bonchev–Trinajstić information content (AvgIpc) is 3.34. The molecule has 190 valence electrons. The number of carbonyl (C=O) groups is 1. The van der Waals surface area contributed by atoms with Crippen LogP contribution >= 0.6 is 0 Å². The van der Waals surface area contributed by atoms with Crippen molar-refractivity contribution in [1.29, 1.82) is 0 Å². The third kappa shape index (κ3) is 6.02. The van der Waals surface area contributed by atoms with Crippen LogP contribution in [0.5, 0.6) is 0 Å². The number of carboxylic acid groups (broad SMARTS) is 1. The van der Waals surface area contributed by atoms with E-state index in [1.165, 1.54) is 0 Å². The van der Waals surface area contributed by atoms with Gasteiger partial charge in [0.25, 0.3) is 0 Å². The van der Waals surface area contributed by atoms with Gasteiger partial charge in [-0.15, -0.1) is 0 Å². The molecule has 2 aliphatic rings. The predicted molar refractivity (Wildman–Crippen MR) is 137 cm³/mol. The van der Waals surface area contributed by atoms with Crippen molar-refractivity contribution in [1.82, 2.24) is 9.97 Å². The van der Waals surface area contributed by atoms with E-state index in [0.29, 0.717) is 25.0 Å². The molecule has 0 bridgehead atoms. The van der Waals surface area contributed by atoms with Gasteiger partial charge in [-0.25, -0.2) is 4.98 Å². The third-order valence-electron chi connectivity index (χ3n) is 6.98. The molecule has 0 saturated carbocycles. The second kappa shape index (κ2) is 10.8. The maximum absolute atomic E-state index is 11.5. The first kappa shape index (κ1) is 25.2. The Bertz CT molecular complexity index is 1020. The van der Waals surface area contributed by atoms with Crippen LogP contribution in [0.25, 0.3) is 0 Å². The first-order chi connectivity index (χ1) is 16.8. The van der Waals surface area contributed by atoms with Crippen LogP contribution in [-0.2, 0) is 9.53 Å². The highest BCUT2D eigenvalue weighted by Gasteiger charge is 2.37. The van der Waals surface area contributed by atoms with E-state index in [4.69, 9.17) is 9.72 Å². The van der Waals surface area contributed by atoms with Gasteiger partial charge in [0.15, 0.2) is 0 Å². The maximum Gasteiger partial charge on any atom is 0.303 e. The van der Waals surface area contributed by atoms with Gasteiger partial charge in [0.2, 0.25) is 5.95 Å². The minimum absolute atomic E-state index is 0.01000. The van der Waals surface area contributed by atoms with E-state index in [0.717, 1.165) is 55.8 Å². The Hall–Kier alpha value is -2.91. The van der Waals surface area contributed by atoms with Gasteiger partial charge >= 0.3 is 5.97 Å². The van der Waals surface area contributed by atoms with E-state index >= 15 is 0 Å². The number of aromatic nitrogens is 2. The fraction of sp³-hybridized carbons (Fsp3) is 0.577. The molecule has 2 aromatic rings. The fourth-order valence-corrected chi connectivity index (χ4v) is 5.13. The van der Waals surface area contributed by atoms with E-state index in [-0.39, 0.29) is 18.4 Å². The summed E-state index contributed by atoms with van der Waals surface area (Å²) in [5.74, 6) is 0.442. The van der Waals surface area contributed by atoms with Crippen molar-refractivity contribution in [2.45, 2.75) is 64.0 Å². The molecule has 35 heavy (non-hydrogen) atoms. The number of carboxylic acids is 1. The molecule has 9 heteroatoms. The number of hydrogen-bond donors (Lipinski definition) is 3. The number of aliphatic carboxylic acids is 1. The molecule has 0 amide bonds. The first-order valence-electron chi connectivity index (χ1n) is 12.5. The molecular formula is C26H37N5O4. The molecule has 2 unspecified atom stereocenters. The lowest BCUT2D eigenvalue weighted by Gasteiger charge is -2.36. The molecule has 3 heterocycles. The Morgan fingerprint density at radius 3 is 2.71 bits per heavy atom. The summed E-state index contributed by atoms with van der Waals surface area (Å²) < 4.78 is 5.45. The molecule has 3 N–H and O–H groups in total. The number of ether oxygens (including phenoxy) is 1. The smallest absolute Gasteiger partial charge is 0.303 e. The van der Waals surface area contributed by atoms with Gasteiger partial charge in [-0.2, -0.15) is 4.98 Å². The molecular weight excluding hydrogens is 446 g/mol. The Morgan fingerprint density at radius 1 is 1.26 bits per heavy atom. The molecule has 2 atom stereocenters. The molecule has 2 aliphatic heterocycles. The molecule has 1 aromatic heterocycles. The number of nitrogens with one attached hydrogen (secondary N) is 1. The zero-order chi connectivity index (χ0) is 25.0. The number of morpholine rings is 1. The van der Waals surface area contributed by atoms with E-state index in [1.54, 1.807) is 6.20 Å². The SMILES string of the molecule is CCC(CC(=O)O)c1ccc(N2CCCC2C(C)(C)O)c(Nc2ccnc(N3CCOCC3)n2)c1. The lowest BCUT2D eigenvalue weighted by atomic mass is 9.92. The highest BCUT2D eigenvalue weighted by Crippen LogP contribution is 2.39. The van der Waals surface area contributed by atoms with Gasteiger partial charge in [-0.1, -0.05) is 13.0 Å². The summed E-state index contributed by atoms with van der Waals surface area (Å²) in [5, 5.41) is 23.7. The molecule has 2 saturated heterocycles. The zero-order valence-corrected chi connectivity index (χ0v) is 20.9. The summed E-state index contributed by atoms with van der Waals surface area (Å²) >= 11 is 0. The van der Waals surface area contributed by atoms with Crippen molar-refractivity contribution in [3.05, 3.63) is 36.0 Å². The summed E-state index contributed by atoms with van der Waals surface area (Å²) in [4.78, 5) is 25.0. The lowest BCUT2D eigenvalue weighted by Crippen LogP contribution is -2.46. The average molecular weight is 484 g/mol. The van der Waals surface area contributed by atoms with Crippen molar-refractivity contribution < 1.29 is 19.7 Å². The van der Waals surface area contributed by atoms with Gasteiger partial charge in [-0.05, 0) is 62.8 Å². The molecule has 0 spiro atoms.